The van der Waals surface area contributed by atoms with Gasteiger partial charge in [-0.1, -0.05) is 19.1 Å². The summed E-state index contributed by atoms with van der Waals surface area (Å²) >= 11 is 0. The molecule has 0 amide bonds. The number of aliphatic hydroxyl groups is 1. The predicted octanol–water partition coefficient (Wildman–Crippen LogP) is 1.49. The maximum atomic E-state index is 9.12. The Labute approximate surface area is 102 Å². The Hall–Kier alpha value is -1.26. The first-order valence-corrected chi connectivity index (χ1v) is 6.09. The van der Waals surface area contributed by atoms with Gasteiger partial charge in [-0.3, -0.25) is 0 Å². The molecule has 1 aliphatic rings. The SMILES string of the molecule is CCN[C@H](CCO)c1cccc2c1OCCO2. The summed E-state index contributed by atoms with van der Waals surface area (Å²) < 4.78 is 11.2. The van der Waals surface area contributed by atoms with Crippen molar-refractivity contribution in [2.45, 2.75) is 19.4 Å². The van der Waals surface area contributed by atoms with Crippen LogP contribution in [0.1, 0.15) is 24.9 Å². The van der Waals surface area contributed by atoms with Gasteiger partial charge in [-0.15, -0.1) is 0 Å². The minimum atomic E-state index is 0.113. The normalized spacial score (nSPS) is 15.6. The maximum absolute atomic E-state index is 9.12. The van der Waals surface area contributed by atoms with Crippen LogP contribution < -0.4 is 14.8 Å². The summed E-state index contributed by atoms with van der Waals surface area (Å²) in [6.07, 6.45) is 0.674. The Morgan fingerprint density at radius 1 is 1.35 bits per heavy atom. The fourth-order valence-corrected chi connectivity index (χ4v) is 2.11. The van der Waals surface area contributed by atoms with Crippen molar-refractivity contribution in [1.82, 2.24) is 5.32 Å². The Morgan fingerprint density at radius 3 is 2.94 bits per heavy atom. The van der Waals surface area contributed by atoms with Gasteiger partial charge in [-0.2, -0.15) is 0 Å². The highest BCUT2D eigenvalue weighted by Gasteiger charge is 2.20. The van der Waals surface area contributed by atoms with E-state index >= 15 is 0 Å². The summed E-state index contributed by atoms with van der Waals surface area (Å²) in [6.45, 7) is 4.25. The number of aliphatic hydroxyl groups excluding tert-OH is 1. The van der Waals surface area contributed by atoms with Crippen molar-refractivity contribution < 1.29 is 14.6 Å². The molecule has 17 heavy (non-hydrogen) atoms. The average Bonchev–Trinajstić information content (AvgIpc) is 2.38. The van der Waals surface area contributed by atoms with Crippen LogP contribution >= 0.6 is 0 Å². The third-order valence-corrected chi connectivity index (χ3v) is 2.84. The van der Waals surface area contributed by atoms with Crippen LogP contribution in [0.2, 0.25) is 0 Å². The van der Waals surface area contributed by atoms with Crippen molar-refractivity contribution >= 4 is 0 Å². The minimum Gasteiger partial charge on any atom is -0.486 e. The second-order valence-electron chi connectivity index (χ2n) is 3.99. The van der Waals surface area contributed by atoms with Crippen LogP contribution in [0.4, 0.5) is 0 Å². The number of fused-ring (bicyclic) bond motifs is 1. The Bertz CT molecular complexity index is 362. The molecule has 1 aliphatic heterocycles. The van der Waals surface area contributed by atoms with Crippen molar-refractivity contribution in [2.24, 2.45) is 0 Å². The molecule has 0 spiro atoms. The molecule has 4 nitrogen and oxygen atoms in total. The third-order valence-electron chi connectivity index (χ3n) is 2.84. The number of nitrogens with one attached hydrogen (secondary N) is 1. The lowest BCUT2D eigenvalue weighted by Gasteiger charge is -2.25. The van der Waals surface area contributed by atoms with E-state index in [0.717, 1.165) is 23.6 Å². The van der Waals surface area contributed by atoms with Crippen molar-refractivity contribution in [3.8, 4) is 11.5 Å². The van der Waals surface area contributed by atoms with Gasteiger partial charge >= 0.3 is 0 Å². The Balaban J connectivity index is 2.28. The van der Waals surface area contributed by atoms with Crippen LogP contribution in [-0.2, 0) is 0 Å². The van der Waals surface area contributed by atoms with Gasteiger partial charge in [0.1, 0.15) is 13.2 Å². The lowest BCUT2D eigenvalue weighted by Crippen LogP contribution is -2.24. The third kappa shape index (κ3) is 2.70. The molecule has 0 radical (unpaired) electrons. The molecule has 94 valence electrons. The first-order valence-electron chi connectivity index (χ1n) is 6.09. The van der Waals surface area contributed by atoms with E-state index < -0.39 is 0 Å². The zero-order valence-corrected chi connectivity index (χ0v) is 10.1. The predicted molar refractivity (Wildman–Crippen MR) is 65.6 cm³/mol. The molecular weight excluding hydrogens is 218 g/mol. The molecule has 0 saturated carbocycles. The van der Waals surface area contributed by atoms with E-state index in [2.05, 4.69) is 12.2 Å². The number of hydrogen-bond donors (Lipinski definition) is 2. The summed E-state index contributed by atoms with van der Waals surface area (Å²) in [7, 11) is 0. The van der Waals surface area contributed by atoms with Crippen LogP contribution in [0, 0.1) is 0 Å². The van der Waals surface area contributed by atoms with Crippen molar-refractivity contribution in [1.29, 1.82) is 0 Å². The van der Waals surface area contributed by atoms with E-state index in [1.165, 1.54) is 0 Å². The molecule has 1 atom stereocenters. The van der Waals surface area contributed by atoms with Crippen LogP contribution in [0.5, 0.6) is 11.5 Å². The Kier molecular flexibility index (Phi) is 4.23. The molecular formula is C13H19NO3. The minimum absolute atomic E-state index is 0.113. The number of hydrogen-bond acceptors (Lipinski definition) is 4. The summed E-state index contributed by atoms with van der Waals surface area (Å²) in [5.41, 5.74) is 1.07. The van der Waals surface area contributed by atoms with Crippen molar-refractivity contribution in [3.63, 3.8) is 0 Å². The lowest BCUT2D eigenvalue weighted by molar-refractivity contribution is 0.167. The molecule has 0 fully saturated rings. The van der Waals surface area contributed by atoms with Gasteiger partial charge < -0.3 is 19.9 Å². The monoisotopic (exact) mass is 237 g/mol. The summed E-state index contributed by atoms with van der Waals surface area (Å²) in [6, 6.07) is 6.02. The van der Waals surface area contributed by atoms with Gasteiger partial charge in [0, 0.05) is 18.2 Å². The molecule has 0 unspecified atom stereocenters. The molecule has 1 aromatic rings. The van der Waals surface area contributed by atoms with Gasteiger partial charge in [0.15, 0.2) is 11.5 Å². The highest BCUT2D eigenvalue weighted by Crippen LogP contribution is 2.37. The van der Waals surface area contributed by atoms with E-state index in [1.807, 2.05) is 18.2 Å². The first kappa shape index (κ1) is 12.2. The molecule has 0 aromatic heterocycles. The van der Waals surface area contributed by atoms with E-state index in [-0.39, 0.29) is 12.6 Å². The molecule has 2 N–H and O–H groups in total. The van der Waals surface area contributed by atoms with E-state index in [1.54, 1.807) is 0 Å². The molecule has 0 saturated heterocycles. The quantitative estimate of drug-likeness (QED) is 0.814. The molecule has 2 rings (SSSR count). The summed E-state index contributed by atoms with van der Waals surface area (Å²) in [4.78, 5) is 0. The maximum Gasteiger partial charge on any atom is 0.166 e. The second kappa shape index (κ2) is 5.89. The fourth-order valence-electron chi connectivity index (χ4n) is 2.11. The number of benzene rings is 1. The van der Waals surface area contributed by atoms with Crippen molar-refractivity contribution in [3.05, 3.63) is 23.8 Å². The largest absolute Gasteiger partial charge is 0.486 e. The molecule has 1 heterocycles. The standard InChI is InChI=1S/C13H19NO3/c1-2-14-11(6-7-15)10-4-3-5-12-13(10)17-9-8-16-12/h3-5,11,14-15H,2,6-9H2,1H3/t11-/m1/s1. The first-order chi connectivity index (χ1) is 8.36. The molecule has 0 aliphatic carbocycles. The van der Waals surface area contributed by atoms with Gasteiger partial charge in [-0.05, 0) is 19.0 Å². The highest BCUT2D eigenvalue weighted by molar-refractivity contribution is 5.48. The van der Waals surface area contributed by atoms with Gasteiger partial charge in [-0.25, -0.2) is 0 Å². The van der Waals surface area contributed by atoms with Crippen molar-refractivity contribution in [2.75, 3.05) is 26.4 Å². The van der Waals surface area contributed by atoms with E-state index in [9.17, 15) is 0 Å². The highest BCUT2D eigenvalue weighted by atomic mass is 16.6. The molecule has 1 aromatic carbocycles. The number of para-hydroxylation sites is 1. The topological polar surface area (TPSA) is 50.7 Å². The number of rotatable bonds is 5. The zero-order chi connectivity index (χ0) is 12.1. The van der Waals surface area contributed by atoms with Gasteiger partial charge in [0.2, 0.25) is 0 Å². The van der Waals surface area contributed by atoms with Crippen LogP contribution in [0.25, 0.3) is 0 Å². The van der Waals surface area contributed by atoms with Crippen LogP contribution in [0.15, 0.2) is 18.2 Å². The molecule has 4 heteroatoms. The lowest BCUT2D eigenvalue weighted by atomic mass is 10.0. The zero-order valence-electron chi connectivity index (χ0n) is 10.1. The van der Waals surface area contributed by atoms with Gasteiger partial charge in [0.25, 0.3) is 0 Å². The second-order valence-corrected chi connectivity index (χ2v) is 3.99. The number of ether oxygens (including phenoxy) is 2. The Morgan fingerprint density at radius 2 is 2.18 bits per heavy atom. The van der Waals surface area contributed by atoms with Crippen LogP contribution in [-0.4, -0.2) is 31.5 Å². The average molecular weight is 237 g/mol. The smallest absolute Gasteiger partial charge is 0.166 e. The summed E-state index contributed by atoms with van der Waals surface area (Å²) in [5.74, 6) is 1.62. The van der Waals surface area contributed by atoms with Gasteiger partial charge in [0.05, 0.1) is 0 Å². The van der Waals surface area contributed by atoms with E-state index in [0.29, 0.717) is 19.6 Å². The van der Waals surface area contributed by atoms with E-state index in [4.69, 9.17) is 14.6 Å². The fraction of sp³-hybridized carbons (Fsp3) is 0.538. The summed E-state index contributed by atoms with van der Waals surface area (Å²) in [5, 5.41) is 12.5. The van der Waals surface area contributed by atoms with Crippen LogP contribution in [0.3, 0.4) is 0 Å². The molecule has 0 bridgehead atoms.